The first-order chi connectivity index (χ1) is 7.81. The fourth-order valence-electron chi connectivity index (χ4n) is 1.81. The van der Waals surface area contributed by atoms with Gasteiger partial charge in [0.2, 0.25) is 0 Å². The minimum Gasteiger partial charge on any atom is -0.399 e. The third kappa shape index (κ3) is 1.91. The van der Waals surface area contributed by atoms with Crippen LogP contribution in [0, 0.1) is 0 Å². The topological polar surface area (TPSA) is 67.6 Å². The van der Waals surface area contributed by atoms with Crippen LogP contribution in [0.3, 0.4) is 0 Å². The smallest absolute Gasteiger partial charge is 0.153 e. The van der Waals surface area contributed by atoms with E-state index in [-0.39, 0.29) is 0 Å². The average Bonchev–Trinajstić information content (AvgIpc) is 3.01. The van der Waals surface area contributed by atoms with E-state index >= 15 is 0 Å². The fourth-order valence-corrected chi connectivity index (χ4v) is 1.81. The van der Waals surface area contributed by atoms with Gasteiger partial charge in [0.25, 0.3) is 0 Å². The molecule has 82 valence electrons. The molecule has 1 aromatic heterocycles. The van der Waals surface area contributed by atoms with Gasteiger partial charge in [-0.05, 0) is 30.5 Å². The molecule has 3 rings (SSSR count). The number of aromatic nitrogens is 3. The summed E-state index contributed by atoms with van der Waals surface area (Å²) in [6.45, 7) is 0. The van der Waals surface area contributed by atoms with Crippen molar-refractivity contribution in [2.45, 2.75) is 25.2 Å². The van der Waals surface area contributed by atoms with Crippen molar-refractivity contribution in [3.8, 4) is 0 Å². The summed E-state index contributed by atoms with van der Waals surface area (Å²) in [5, 5.41) is 7.22. The summed E-state index contributed by atoms with van der Waals surface area (Å²) in [7, 11) is 0. The second kappa shape index (κ2) is 3.63. The van der Waals surface area contributed by atoms with E-state index in [0.717, 1.165) is 23.8 Å². The highest BCUT2D eigenvalue weighted by Crippen LogP contribution is 2.37. The van der Waals surface area contributed by atoms with E-state index in [1.54, 1.807) is 0 Å². The van der Waals surface area contributed by atoms with E-state index in [9.17, 15) is 0 Å². The van der Waals surface area contributed by atoms with Crippen LogP contribution in [0.25, 0.3) is 0 Å². The monoisotopic (exact) mass is 214 g/mol. The first-order valence-corrected chi connectivity index (χ1v) is 5.57. The summed E-state index contributed by atoms with van der Waals surface area (Å²) in [4.78, 5) is 4.49. The third-order valence-corrected chi connectivity index (χ3v) is 2.81. The first-order valence-electron chi connectivity index (χ1n) is 5.57. The summed E-state index contributed by atoms with van der Waals surface area (Å²) in [5.74, 6) is 2.50. The molecule has 1 aromatic carbocycles. The van der Waals surface area contributed by atoms with Gasteiger partial charge in [0.15, 0.2) is 5.82 Å². The summed E-state index contributed by atoms with van der Waals surface area (Å²) >= 11 is 0. The molecule has 3 N–H and O–H groups in total. The van der Waals surface area contributed by atoms with Gasteiger partial charge in [-0.3, -0.25) is 5.10 Å². The van der Waals surface area contributed by atoms with Crippen LogP contribution in [-0.4, -0.2) is 15.2 Å². The van der Waals surface area contributed by atoms with Crippen LogP contribution in [0.5, 0.6) is 0 Å². The SMILES string of the molecule is Nc1cccc(Cc2nc(C3CC3)n[nH]2)c1. The van der Waals surface area contributed by atoms with Gasteiger partial charge in [-0.15, -0.1) is 0 Å². The van der Waals surface area contributed by atoms with Gasteiger partial charge >= 0.3 is 0 Å². The summed E-state index contributed by atoms with van der Waals surface area (Å²) in [6, 6.07) is 7.87. The molecule has 0 spiro atoms. The van der Waals surface area contributed by atoms with Gasteiger partial charge in [-0.1, -0.05) is 12.1 Å². The predicted molar refractivity (Wildman–Crippen MR) is 62.0 cm³/mol. The Morgan fingerprint density at radius 3 is 3.00 bits per heavy atom. The van der Waals surface area contributed by atoms with Gasteiger partial charge in [-0.2, -0.15) is 5.10 Å². The molecule has 0 saturated heterocycles. The van der Waals surface area contributed by atoms with Crippen LogP contribution >= 0.6 is 0 Å². The van der Waals surface area contributed by atoms with Crippen molar-refractivity contribution in [3.63, 3.8) is 0 Å². The molecule has 0 unspecified atom stereocenters. The van der Waals surface area contributed by atoms with Crippen LogP contribution < -0.4 is 5.73 Å². The van der Waals surface area contributed by atoms with Crippen molar-refractivity contribution in [1.82, 2.24) is 15.2 Å². The van der Waals surface area contributed by atoms with Crippen LogP contribution in [0.4, 0.5) is 5.69 Å². The predicted octanol–water partition coefficient (Wildman–Crippen LogP) is 1.86. The molecule has 2 aromatic rings. The minimum atomic E-state index is 0.603. The molecule has 16 heavy (non-hydrogen) atoms. The molecule has 0 bridgehead atoms. The molecule has 0 aliphatic heterocycles. The Bertz CT molecular complexity index is 499. The van der Waals surface area contributed by atoms with E-state index in [4.69, 9.17) is 5.73 Å². The number of nitrogens with two attached hydrogens (primary N) is 1. The van der Waals surface area contributed by atoms with Crippen LogP contribution in [0.15, 0.2) is 24.3 Å². The minimum absolute atomic E-state index is 0.603. The van der Waals surface area contributed by atoms with Crippen LogP contribution in [0.1, 0.15) is 36.0 Å². The highest BCUT2D eigenvalue weighted by atomic mass is 15.2. The molecule has 4 heteroatoms. The number of nitrogens with one attached hydrogen (secondary N) is 1. The number of H-pyrrole nitrogens is 1. The first kappa shape index (κ1) is 9.39. The van der Waals surface area contributed by atoms with Gasteiger partial charge < -0.3 is 5.73 Å². The fraction of sp³-hybridized carbons (Fsp3) is 0.333. The Morgan fingerprint density at radius 1 is 1.38 bits per heavy atom. The summed E-state index contributed by atoms with van der Waals surface area (Å²) < 4.78 is 0. The van der Waals surface area contributed by atoms with Crippen LogP contribution in [0.2, 0.25) is 0 Å². The Labute approximate surface area is 93.9 Å². The molecule has 1 aliphatic rings. The molecule has 0 amide bonds. The number of hydrogen-bond donors (Lipinski definition) is 2. The molecular weight excluding hydrogens is 200 g/mol. The van der Waals surface area contributed by atoms with E-state index in [0.29, 0.717) is 5.92 Å². The lowest BCUT2D eigenvalue weighted by atomic mass is 10.1. The number of nitrogens with zero attached hydrogens (tertiary/aromatic N) is 2. The molecule has 1 heterocycles. The number of nitrogen functional groups attached to an aromatic ring is 1. The van der Waals surface area contributed by atoms with Gasteiger partial charge in [0, 0.05) is 18.0 Å². The zero-order valence-electron chi connectivity index (χ0n) is 8.98. The lowest BCUT2D eigenvalue weighted by molar-refractivity contribution is 0.932. The molecule has 4 nitrogen and oxygen atoms in total. The lowest BCUT2D eigenvalue weighted by Crippen LogP contribution is -1.93. The number of anilines is 1. The zero-order valence-corrected chi connectivity index (χ0v) is 8.98. The van der Waals surface area contributed by atoms with E-state index < -0.39 is 0 Å². The number of rotatable bonds is 3. The van der Waals surface area contributed by atoms with Crippen LogP contribution in [-0.2, 0) is 6.42 Å². The van der Waals surface area contributed by atoms with Crippen molar-refractivity contribution in [1.29, 1.82) is 0 Å². The number of hydrogen-bond acceptors (Lipinski definition) is 3. The normalized spacial score (nSPS) is 15.2. The average molecular weight is 214 g/mol. The second-order valence-electron chi connectivity index (χ2n) is 4.34. The Kier molecular flexibility index (Phi) is 2.13. The largest absolute Gasteiger partial charge is 0.399 e. The van der Waals surface area contributed by atoms with E-state index in [2.05, 4.69) is 21.2 Å². The molecular formula is C12H14N4. The van der Waals surface area contributed by atoms with Crippen molar-refractivity contribution in [2.75, 3.05) is 5.73 Å². The number of aromatic amines is 1. The second-order valence-corrected chi connectivity index (χ2v) is 4.34. The Balaban J connectivity index is 1.77. The molecule has 1 fully saturated rings. The molecule has 1 saturated carbocycles. The van der Waals surface area contributed by atoms with Crippen molar-refractivity contribution >= 4 is 5.69 Å². The van der Waals surface area contributed by atoms with Crippen molar-refractivity contribution < 1.29 is 0 Å². The van der Waals surface area contributed by atoms with Gasteiger partial charge in [-0.25, -0.2) is 4.98 Å². The lowest BCUT2D eigenvalue weighted by Gasteiger charge is -1.98. The maximum atomic E-state index is 5.73. The highest BCUT2D eigenvalue weighted by molar-refractivity contribution is 5.41. The summed E-state index contributed by atoms with van der Waals surface area (Å²) in [6.07, 6.45) is 3.23. The van der Waals surface area contributed by atoms with Gasteiger partial charge in [0.1, 0.15) is 5.82 Å². The zero-order chi connectivity index (χ0) is 11.0. The molecule has 1 aliphatic carbocycles. The summed E-state index contributed by atoms with van der Waals surface area (Å²) in [5.41, 5.74) is 7.69. The van der Waals surface area contributed by atoms with E-state index in [1.807, 2.05) is 18.2 Å². The maximum absolute atomic E-state index is 5.73. The highest BCUT2D eigenvalue weighted by Gasteiger charge is 2.27. The number of benzene rings is 1. The molecule has 0 atom stereocenters. The van der Waals surface area contributed by atoms with Gasteiger partial charge in [0.05, 0.1) is 0 Å². The van der Waals surface area contributed by atoms with Crippen molar-refractivity contribution in [2.24, 2.45) is 0 Å². The van der Waals surface area contributed by atoms with E-state index in [1.165, 1.54) is 18.4 Å². The Morgan fingerprint density at radius 2 is 2.25 bits per heavy atom. The quantitative estimate of drug-likeness (QED) is 0.766. The maximum Gasteiger partial charge on any atom is 0.153 e. The standard InChI is InChI=1S/C12H14N4/c13-10-3-1-2-8(6-10)7-11-14-12(16-15-11)9-4-5-9/h1-3,6,9H,4-5,7,13H2,(H,14,15,16). The molecule has 0 radical (unpaired) electrons. The van der Waals surface area contributed by atoms with Crippen molar-refractivity contribution in [3.05, 3.63) is 41.5 Å². The third-order valence-electron chi connectivity index (χ3n) is 2.81. The Hall–Kier alpha value is -1.84.